The van der Waals surface area contributed by atoms with Gasteiger partial charge in [-0.2, -0.15) is 4.98 Å². The number of halogens is 3. The smallest absolute Gasteiger partial charge is 0.246 e. The zero-order chi connectivity index (χ0) is 17.2. The number of benzene rings is 1. The summed E-state index contributed by atoms with van der Waals surface area (Å²) >= 11 is 5.81. The molecule has 0 atom stereocenters. The number of aromatic amines is 1. The molecule has 1 fully saturated rings. The van der Waals surface area contributed by atoms with Gasteiger partial charge in [0.05, 0.1) is 5.75 Å². The predicted molar refractivity (Wildman–Crippen MR) is 108 cm³/mol. The lowest BCUT2D eigenvalue weighted by atomic mass is 10.1. The molecule has 4 N–H and O–H groups in total. The van der Waals surface area contributed by atoms with Gasteiger partial charge < -0.3 is 10.6 Å². The summed E-state index contributed by atoms with van der Waals surface area (Å²) in [7, 11) is -3.39. The van der Waals surface area contributed by atoms with E-state index in [2.05, 4.69) is 19.9 Å². The zero-order valence-corrected chi connectivity index (χ0v) is 17.0. The van der Waals surface area contributed by atoms with Gasteiger partial charge in [0.1, 0.15) is 0 Å². The van der Waals surface area contributed by atoms with E-state index in [0.29, 0.717) is 42.5 Å². The van der Waals surface area contributed by atoms with Crippen molar-refractivity contribution >= 4 is 58.3 Å². The van der Waals surface area contributed by atoms with Crippen LogP contribution in [0.25, 0.3) is 0 Å². The van der Waals surface area contributed by atoms with Crippen LogP contribution in [0.1, 0.15) is 18.4 Å². The molecule has 0 spiro atoms. The van der Waals surface area contributed by atoms with Crippen molar-refractivity contribution in [3.63, 3.8) is 0 Å². The second-order valence-corrected chi connectivity index (χ2v) is 7.98. The molecule has 26 heavy (non-hydrogen) atoms. The molecule has 1 aromatic heterocycles. The molecular weight excluding hydrogens is 423 g/mol. The van der Waals surface area contributed by atoms with E-state index in [1.807, 2.05) is 4.90 Å². The Bertz CT molecular complexity index is 791. The predicted octanol–water partition coefficient (Wildman–Crippen LogP) is 1.97. The number of nitrogen functional groups attached to an aromatic ring is 1. The largest absolute Gasteiger partial charge is 0.368 e. The Labute approximate surface area is 169 Å². The number of anilines is 2. The Kier molecular flexibility index (Phi) is 8.42. The molecule has 0 aliphatic carbocycles. The van der Waals surface area contributed by atoms with Crippen LogP contribution in [0, 0.1) is 0 Å². The van der Waals surface area contributed by atoms with E-state index in [4.69, 9.17) is 17.3 Å². The molecule has 3 rings (SSSR count). The van der Waals surface area contributed by atoms with E-state index in [9.17, 15) is 8.42 Å². The Morgan fingerprint density at radius 1 is 1.23 bits per heavy atom. The van der Waals surface area contributed by atoms with E-state index in [1.165, 1.54) is 0 Å². The molecule has 0 amide bonds. The normalized spacial score (nSPS) is 15.2. The van der Waals surface area contributed by atoms with Crippen molar-refractivity contribution in [2.24, 2.45) is 0 Å². The number of aromatic nitrogens is 3. The second kappa shape index (κ2) is 9.61. The molecule has 12 heteroatoms. The van der Waals surface area contributed by atoms with Gasteiger partial charge in [0.15, 0.2) is 0 Å². The van der Waals surface area contributed by atoms with Crippen molar-refractivity contribution in [2.75, 3.05) is 23.7 Å². The van der Waals surface area contributed by atoms with E-state index >= 15 is 0 Å². The van der Waals surface area contributed by atoms with Crippen molar-refractivity contribution in [3.8, 4) is 0 Å². The number of H-pyrrole nitrogens is 1. The minimum Gasteiger partial charge on any atom is -0.368 e. The number of nitrogens with two attached hydrogens (primary N) is 1. The SMILES string of the molecule is Cl.Cl.Nc1nc(N2CCC(NS(=O)(=O)Cc3ccc(Cl)cc3)CC2)n[nH]1. The lowest BCUT2D eigenvalue weighted by molar-refractivity contribution is 0.456. The summed E-state index contributed by atoms with van der Waals surface area (Å²) in [5.74, 6) is 0.771. The minimum atomic E-state index is -3.39. The van der Waals surface area contributed by atoms with Crippen LogP contribution in [-0.2, 0) is 15.8 Å². The summed E-state index contributed by atoms with van der Waals surface area (Å²) in [6.45, 7) is 1.34. The highest BCUT2D eigenvalue weighted by atomic mass is 35.5. The minimum absolute atomic E-state index is 0. The highest BCUT2D eigenvalue weighted by Gasteiger charge is 2.25. The fourth-order valence-corrected chi connectivity index (χ4v) is 4.28. The van der Waals surface area contributed by atoms with Crippen LogP contribution in [-0.4, -0.2) is 42.7 Å². The number of piperidine rings is 1. The Morgan fingerprint density at radius 2 is 1.85 bits per heavy atom. The average molecular weight is 444 g/mol. The maximum absolute atomic E-state index is 12.3. The quantitative estimate of drug-likeness (QED) is 0.650. The topological polar surface area (TPSA) is 117 Å². The fraction of sp³-hybridized carbons (Fsp3) is 0.429. The molecular formula is C14H21Cl3N6O2S. The lowest BCUT2D eigenvalue weighted by Crippen LogP contribution is -2.45. The van der Waals surface area contributed by atoms with Crippen LogP contribution in [0.3, 0.4) is 0 Å². The molecule has 1 aliphatic heterocycles. The molecule has 1 aliphatic rings. The molecule has 0 radical (unpaired) electrons. The Hall–Kier alpha value is -1.26. The van der Waals surface area contributed by atoms with Gasteiger partial charge in [-0.25, -0.2) is 18.2 Å². The third-order valence-corrected chi connectivity index (χ3v) is 5.54. The van der Waals surface area contributed by atoms with E-state index in [1.54, 1.807) is 24.3 Å². The molecule has 1 saturated heterocycles. The number of hydrogen-bond donors (Lipinski definition) is 3. The summed E-state index contributed by atoms with van der Waals surface area (Å²) < 4.78 is 27.4. The number of sulfonamides is 1. The maximum Gasteiger partial charge on any atom is 0.246 e. The summed E-state index contributed by atoms with van der Waals surface area (Å²) in [6.07, 6.45) is 1.38. The molecule has 1 aromatic carbocycles. The van der Waals surface area contributed by atoms with Crippen LogP contribution in [0.4, 0.5) is 11.9 Å². The Morgan fingerprint density at radius 3 is 2.38 bits per heavy atom. The number of hydrogen-bond acceptors (Lipinski definition) is 6. The highest BCUT2D eigenvalue weighted by molar-refractivity contribution is 7.88. The third kappa shape index (κ3) is 6.17. The zero-order valence-electron chi connectivity index (χ0n) is 13.8. The molecule has 0 saturated carbocycles. The second-order valence-electron chi connectivity index (χ2n) is 5.79. The summed E-state index contributed by atoms with van der Waals surface area (Å²) in [5.41, 5.74) is 6.23. The lowest BCUT2D eigenvalue weighted by Gasteiger charge is -2.31. The monoisotopic (exact) mass is 442 g/mol. The molecule has 8 nitrogen and oxygen atoms in total. The van der Waals surface area contributed by atoms with E-state index < -0.39 is 10.0 Å². The van der Waals surface area contributed by atoms with Gasteiger partial charge in [0.2, 0.25) is 21.9 Å². The molecule has 2 aromatic rings. The van der Waals surface area contributed by atoms with Crippen molar-refractivity contribution in [1.29, 1.82) is 0 Å². The maximum atomic E-state index is 12.3. The molecule has 2 heterocycles. The first-order chi connectivity index (χ1) is 11.4. The molecule has 0 unspecified atom stereocenters. The van der Waals surface area contributed by atoms with Gasteiger partial charge in [-0.3, -0.25) is 0 Å². The number of nitrogens with zero attached hydrogens (tertiary/aromatic N) is 3. The fourth-order valence-electron chi connectivity index (χ4n) is 2.70. The van der Waals surface area contributed by atoms with Crippen LogP contribution < -0.4 is 15.4 Å². The summed E-state index contributed by atoms with van der Waals surface area (Å²) in [5, 5.41) is 7.21. The highest BCUT2D eigenvalue weighted by Crippen LogP contribution is 2.18. The van der Waals surface area contributed by atoms with Gasteiger partial charge in [-0.1, -0.05) is 23.7 Å². The first-order valence-electron chi connectivity index (χ1n) is 7.58. The number of rotatable bonds is 5. The van der Waals surface area contributed by atoms with E-state index in [0.717, 1.165) is 0 Å². The van der Waals surface area contributed by atoms with Crippen LogP contribution in [0.15, 0.2) is 24.3 Å². The van der Waals surface area contributed by atoms with Crippen LogP contribution >= 0.6 is 36.4 Å². The molecule has 0 bridgehead atoms. The van der Waals surface area contributed by atoms with E-state index in [-0.39, 0.29) is 42.6 Å². The number of nitrogens with one attached hydrogen (secondary N) is 2. The first kappa shape index (κ1) is 22.8. The standard InChI is InChI=1S/C14H19ClN6O2S.2ClH/c15-11-3-1-10(2-4-11)9-24(22,23)20-12-5-7-21(8-6-12)14-17-13(16)18-19-14;;/h1-4,12,20H,5-9H2,(H3,16,17,18,19);2*1H. The first-order valence-corrected chi connectivity index (χ1v) is 9.61. The Balaban J connectivity index is 0.00000169. The van der Waals surface area contributed by atoms with Crippen molar-refractivity contribution in [2.45, 2.75) is 24.6 Å². The van der Waals surface area contributed by atoms with Gasteiger partial charge in [-0.05, 0) is 30.5 Å². The van der Waals surface area contributed by atoms with Crippen molar-refractivity contribution < 1.29 is 8.42 Å². The third-order valence-electron chi connectivity index (χ3n) is 3.88. The van der Waals surface area contributed by atoms with Gasteiger partial charge in [-0.15, -0.1) is 29.9 Å². The van der Waals surface area contributed by atoms with Crippen LogP contribution in [0.2, 0.25) is 5.02 Å². The van der Waals surface area contributed by atoms with Crippen molar-refractivity contribution in [1.82, 2.24) is 19.9 Å². The average Bonchev–Trinajstić information content (AvgIpc) is 2.96. The summed E-state index contributed by atoms with van der Waals surface area (Å²) in [4.78, 5) is 6.07. The van der Waals surface area contributed by atoms with Crippen LogP contribution in [0.5, 0.6) is 0 Å². The van der Waals surface area contributed by atoms with Gasteiger partial charge in [0, 0.05) is 24.2 Å². The van der Waals surface area contributed by atoms with Crippen molar-refractivity contribution in [3.05, 3.63) is 34.9 Å². The molecule has 146 valence electrons. The van der Waals surface area contributed by atoms with Gasteiger partial charge >= 0.3 is 0 Å². The summed E-state index contributed by atoms with van der Waals surface area (Å²) in [6, 6.07) is 6.73. The van der Waals surface area contributed by atoms with Gasteiger partial charge in [0.25, 0.3) is 0 Å².